The maximum Gasteiger partial charge on any atom is 0.0734 e. The van der Waals surface area contributed by atoms with E-state index in [4.69, 9.17) is 5.10 Å². The second-order valence-electron chi connectivity index (χ2n) is 5.64. The fraction of sp³-hybridized carbons (Fsp3) is 0.278. The molecule has 2 aromatic rings. The Bertz CT molecular complexity index is 618. The normalized spacial score (nSPS) is 24.6. The minimum absolute atomic E-state index is 0.549. The zero-order chi connectivity index (χ0) is 13.4. The van der Waals surface area contributed by atoms with Crippen LogP contribution in [0.5, 0.6) is 0 Å². The highest BCUT2D eigenvalue weighted by molar-refractivity contribution is 6.05. The molecule has 0 unspecified atom stereocenters. The number of nitrogens with zero attached hydrogens (tertiary/aromatic N) is 2. The van der Waals surface area contributed by atoms with E-state index in [0.29, 0.717) is 12.0 Å². The summed E-state index contributed by atoms with van der Waals surface area (Å²) < 4.78 is 0. The SMILES string of the molecule is c1ccc(C2=NN(c3ccccc3)[C@@H]3CCC[C@@H]23)cc1. The minimum atomic E-state index is 0.549. The van der Waals surface area contributed by atoms with E-state index in [0.717, 1.165) is 0 Å². The smallest absolute Gasteiger partial charge is 0.0734 e. The number of hydrazone groups is 1. The highest BCUT2D eigenvalue weighted by Crippen LogP contribution is 2.40. The molecule has 1 fully saturated rings. The predicted octanol–water partition coefficient (Wildman–Crippen LogP) is 4.08. The summed E-state index contributed by atoms with van der Waals surface area (Å²) in [6.45, 7) is 0. The molecule has 1 saturated carbocycles. The highest BCUT2D eigenvalue weighted by atomic mass is 15.5. The van der Waals surface area contributed by atoms with E-state index in [1.165, 1.54) is 36.2 Å². The maximum atomic E-state index is 4.96. The van der Waals surface area contributed by atoms with Crippen LogP contribution in [-0.4, -0.2) is 11.8 Å². The van der Waals surface area contributed by atoms with Crippen LogP contribution in [0.1, 0.15) is 24.8 Å². The lowest BCUT2D eigenvalue weighted by atomic mass is 9.93. The molecule has 2 nitrogen and oxygen atoms in total. The predicted molar refractivity (Wildman–Crippen MR) is 83.0 cm³/mol. The van der Waals surface area contributed by atoms with Crippen molar-refractivity contribution >= 4 is 11.4 Å². The van der Waals surface area contributed by atoms with Crippen LogP contribution in [0.4, 0.5) is 5.69 Å². The van der Waals surface area contributed by atoms with Gasteiger partial charge in [-0.1, -0.05) is 55.0 Å². The van der Waals surface area contributed by atoms with Crippen molar-refractivity contribution < 1.29 is 0 Å². The molecule has 0 saturated heterocycles. The molecule has 2 heteroatoms. The molecule has 0 radical (unpaired) electrons. The molecule has 0 N–H and O–H groups in total. The second kappa shape index (κ2) is 4.78. The largest absolute Gasteiger partial charge is 0.262 e. The first-order valence-corrected chi connectivity index (χ1v) is 7.42. The molecule has 1 aliphatic heterocycles. The van der Waals surface area contributed by atoms with E-state index in [2.05, 4.69) is 65.7 Å². The van der Waals surface area contributed by atoms with Gasteiger partial charge in [-0.2, -0.15) is 5.10 Å². The fourth-order valence-corrected chi connectivity index (χ4v) is 3.53. The van der Waals surface area contributed by atoms with E-state index in [-0.39, 0.29) is 0 Å². The van der Waals surface area contributed by atoms with Gasteiger partial charge in [0.2, 0.25) is 0 Å². The lowest BCUT2D eigenvalue weighted by Crippen LogP contribution is -2.29. The van der Waals surface area contributed by atoms with Gasteiger partial charge >= 0.3 is 0 Å². The Morgan fingerprint density at radius 2 is 1.55 bits per heavy atom. The standard InChI is InChI=1S/C18H18N2/c1-3-8-14(9-4-1)18-16-12-7-13-17(16)20(19-18)15-10-5-2-6-11-15/h1-6,8-11,16-17H,7,12-13H2/t16-,17-/m1/s1. The number of hydrogen-bond donors (Lipinski definition) is 0. The number of hydrogen-bond acceptors (Lipinski definition) is 2. The van der Waals surface area contributed by atoms with Gasteiger partial charge in [0.15, 0.2) is 0 Å². The Kier molecular flexibility index (Phi) is 2.80. The van der Waals surface area contributed by atoms with Crippen LogP contribution in [0.2, 0.25) is 0 Å². The Balaban J connectivity index is 1.76. The lowest BCUT2D eigenvalue weighted by molar-refractivity contribution is 0.602. The van der Waals surface area contributed by atoms with E-state index in [9.17, 15) is 0 Å². The van der Waals surface area contributed by atoms with Crippen LogP contribution in [0.3, 0.4) is 0 Å². The van der Waals surface area contributed by atoms with Gasteiger partial charge in [-0.3, -0.25) is 5.01 Å². The third-order valence-electron chi connectivity index (χ3n) is 4.45. The number of benzene rings is 2. The first-order chi connectivity index (χ1) is 9.93. The molecular formula is C18H18N2. The van der Waals surface area contributed by atoms with E-state index >= 15 is 0 Å². The first kappa shape index (κ1) is 11.7. The molecule has 2 aliphatic rings. The molecule has 4 rings (SSSR count). The van der Waals surface area contributed by atoms with E-state index < -0.39 is 0 Å². The van der Waals surface area contributed by atoms with Gasteiger partial charge in [0.05, 0.1) is 17.4 Å². The quantitative estimate of drug-likeness (QED) is 0.796. The summed E-state index contributed by atoms with van der Waals surface area (Å²) in [4.78, 5) is 0. The summed E-state index contributed by atoms with van der Waals surface area (Å²) in [7, 11) is 0. The van der Waals surface area contributed by atoms with E-state index in [1.54, 1.807) is 0 Å². The van der Waals surface area contributed by atoms with Crippen molar-refractivity contribution in [1.82, 2.24) is 0 Å². The maximum absolute atomic E-state index is 4.96. The molecule has 0 aromatic heterocycles. The Hall–Kier alpha value is -2.09. The summed E-state index contributed by atoms with van der Waals surface area (Å²) in [5, 5.41) is 7.21. The van der Waals surface area contributed by atoms with Gasteiger partial charge in [0, 0.05) is 5.92 Å². The topological polar surface area (TPSA) is 15.6 Å². The minimum Gasteiger partial charge on any atom is -0.262 e. The molecule has 0 spiro atoms. The number of rotatable bonds is 2. The van der Waals surface area contributed by atoms with Crippen molar-refractivity contribution in [2.24, 2.45) is 11.0 Å². The van der Waals surface area contributed by atoms with Crippen molar-refractivity contribution in [3.8, 4) is 0 Å². The van der Waals surface area contributed by atoms with Crippen LogP contribution in [0.15, 0.2) is 65.8 Å². The summed E-state index contributed by atoms with van der Waals surface area (Å²) in [6, 6.07) is 21.8. The van der Waals surface area contributed by atoms with Gasteiger partial charge in [-0.15, -0.1) is 0 Å². The van der Waals surface area contributed by atoms with Gasteiger partial charge in [0.25, 0.3) is 0 Å². The summed E-state index contributed by atoms with van der Waals surface area (Å²) in [5.41, 5.74) is 3.77. The van der Waals surface area contributed by atoms with Crippen molar-refractivity contribution in [3.63, 3.8) is 0 Å². The third kappa shape index (κ3) is 1.83. The first-order valence-electron chi connectivity index (χ1n) is 7.42. The van der Waals surface area contributed by atoms with Gasteiger partial charge < -0.3 is 0 Å². The fourth-order valence-electron chi connectivity index (χ4n) is 3.53. The summed E-state index contributed by atoms with van der Waals surface area (Å²) in [5.74, 6) is 0.595. The molecule has 2 atom stereocenters. The summed E-state index contributed by atoms with van der Waals surface area (Å²) in [6.07, 6.45) is 3.83. The molecule has 0 bridgehead atoms. The van der Waals surface area contributed by atoms with Crippen molar-refractivity contribution in [1.29, 1.82) is 0 Å². The molecular weight excluding hydrogens is 244 g/mol. The number of anilines is 1. The number of fused-ring (bicyclic) bond motifs is 1. The average molecular weight is 262 g/mol. The molecule has 2 aromatic carbocycles. The number of para-hydroxylation sites is 1. The zero-order valence-electron chi connectivity index (χ0n) is 11.4. The van der Waals surface area contributed by atoms with Gasteiger partial charge in [-0.05, 0) is 30.5 Å². The van der Waals surface area contributed by atoms with Crippen LogP contribution >= 0.6 is 0 Å². The van der Waals surface area contributed by atoms with Crippen LogP contribution < -0.4 is 5.01 Å². The van der Waals surface area contributed by atoms with Gasteiger partial charge in [-0.25, -0.2) is 0 Å². The molecule has 1 heterocycles. The molecule has 0 amide bonds. The molecule has 20 heavy (non-hydrogen) atoms. The Morgan fingerprint density at radius 1 is 0.850 bits per heavy atom. The second-order valence-corrected chi connectivity index (χ2v) is 5.64. The summed E-state index contributed by atoms with van der Waals surface area (Å²) >= 11 is 0. The third-order valence-corrected chi connectivity index (χ3v) is 4.45. The van der Waals surface area contributed by atoms with E-state index in [1.807, 2.05) is 0 Å². The Morgan fingerprint density at radius 3 is 2.30 bits per heavy atom. The highest BCUT2D eigenvalue weighted by Gasteiger charge is 2.41. The van der Waals surface area contributed by atoms with Crippen molar-refractivity contribution in [2.45, 2.75) is 25.3 Å². The van der Waals surface area contributed by atoms with Crippen molar-refractivity contribution in [2.75, 3.05) is 5.01 Å². The van der Waals surface area contributed by atoms with Crippen LogP contribution in [0.25, 0.3) is 0 Å². The van der Waals surface area contributed by atoms with Gasteiger partial charge in [0.1, 0.15) is 0 Å². The molecule has 1 aliphatic carbocycles. The zero-order valence-corrected chi connectivity index (χ0v) is 11.4. The average Bonchev–Trinajstić information content (AvgIpc) is 3.11. The Labute approximate surface area is 119 Å². The van der Waals surface area contributed by atoms with Crippen molar-refractivity contribution in [3.05, 3.63) is 66.2 Å². The molecule has 100 valence electrons. The van der Waals surface area contributed by atoms with Crippen LogP contribution in [0, 0.1) is 5.92 Å². The monoisotopic (exact) mass is 262 g/mol. The van der Waals surface area contributed by atoms with Crippen LogP contribution in [-0.2, 0) is 0 Å². The lowest BCUT2D eigenvalue weighted by Gasteiger charge is -2.22.